The molecule has 2 N–H and O–H groups in total. The quantitative estimate of drug-likeness (QED) is 0.853. The Labute approximate surface area is 135 Å². The summed E-state index contributed by atoms with van der Waals surface area (Å²) in [6, 6.07) is 17.9. The average molecular weight is 308 g/mol. The summed E-state index contributed by atoms with van der Waals surface area (Å²) in [6.07, 6.45) is 4.04. The lowest BCUT2D eigenvalue weighted by Crippen LogP contribution is -2.43. The summed E-state index contributed by atoms with van der Waals surface area (Å²) in [5.74, 6) is -0.533. The average Bonchev–Trinajstić information content (AvgIpc) is 3.14. The Hall–Kier alpha value is -2.46. The van der Waals surface area contributed by atoms with E-state index in [1.54, 1.807) is 48.5 Å². The Morgan fingerprint density at radius 3 is 1.87 bits per heavy atom. The first-order valence-electron chi connectivity index (χ1n) is 7.90. The van der Waals surface area contributed by atoms with E-state index in [9.17, 15) is 9.90 Å². The Balaban J connectivity index is 1.95. The lowest BCUT2D eigenvalue weighted by atomic mass is 9.85. The number of benzene rings is 2. The first-order chi connectivity index (χ1) is 11.2. The molecule has 0 spiro atoms. The second-order valence-corrected chi connectivity index (χ2v) is 5.77. The van der Waals surface area contributed by atoms with E-state index in [2.05, 4.69) is 10.5 Å². The van der Waals surface area contributed by atoms with Gasteiger partial charge in [0.05, 0.1) is 0 Å². The van der Waals surface area contributed by atoms with Crippen molar-refractivity contribution in [3.05, 3.63) is 71.8 Å². The van der Waals surface area contributed by atoms with Crippen LogP contribution in [0.15, 0.2) is 65.8 Å². The van der Waals surface area contributed by atoms with Crippen molar-refractivity contribution >= 4 is 11.6 Å². The van der Waals surface area contributed by atoms with Crippen LogP contribution in [0, 0.1) is 0 Å². The van der Waals surface area contributed by atoms with E-state index >= 15 is 0 Å². The highest BCUT2D eigenvalue weighted by atomic mass is 16.3. The summed E-state index contributed by atoms with van der Waals surface area (Å²) in [7, 11) is 0. The van der Waals surface area contributed by atoms with E-state index in [-0.39, 0.29) is 0 Å². The maximum absolute atomic E-state index is 12.8. The Kier molecular flexibility index (Phi) is 4.53. The molecule has 23 heavy (non-hydrogen) atoms. The molecule has 0 atom stereocenters. The van der Waals surface area contributed by atoms with E-state index in [0.717, 1.165) is 31.4 Å². The minimum atomic E-state index is -1.76. The molecule has 0 heterocycles. The minimum Gasteiger partial charge on any atom is -0.372 e. The molecule has 4 heteroatoms. The molecule has 0 unspecified atom stereocenters. The van der Waals surface area contributed by atoms with Gasteiger partial charge in [0.1, 0.15) is 0 Å². The van der Waals surface area contributed by atoms with Gasteiger partial charge in [0, 0.05) is 5.71 Å². The van der Waals surface area contributed by atoms with Crippen LogP contribution < -0.4 is 5.43 Å². The van der Waals surface area contributed by atoms with Gasteiger partial charge in [-0.05, 0) is 36.8 Å². The lowest BCUT2D eigenvalue weighted by molar-refractivity contribution is -0.136. The number of carbonyl (C=O) groups is 1. The fourth-order valence-corrected chi connectivity index (χ4v) is 2.89. The second-order valence-electron chi connectivity index (χ2n) is 5.77. The highest BCUT2D eigenvalue weighted by Gasteiger charge is 2.39. The normalized spacial score (nSPS) is 14.6. The summed E-state index contributed by atoms with van der Waals surface area (Å²) in [6.45, 7) is 0. The number of amides is 1. The molecule has 1 fully saturated rings. The van der Waals surface area contributed by atoms with Gasteiger partial charge in [0.15, 0.2) is 5.60 Å². The SMILES string of the molecule is O=C(NN=C1CCCC1)C(O)(c1ccccc1)c1ccccc1. The van der Waals surface area contributed by atoms with Crippen LogP contribution in [0.25, 0.3) is 0 Å². The van der Waals surface area contributed by atoms with Crippen LogP contribution in [0.3, 0.4) is 0 Å². The minimum absolute atomic E-state index is 0.523. The van der Waals surface area contributed by atoms with E-state index in [0.29, 0.717) is 11.1 Å². The monoisotopic (exact) mass is 308 g/mol. The summed E-state index contributed by atoms with van der Waals surface area (Å²) in [4.78, 5) is 12.8. The van der Waals surface area contributed by atoms with E-state index < -0.39 is 11.5 Å². The van der Waals surface area contributed by atoms with E-state index in [1.807, 2.05) is 12.1 Å². The zero-order valence-electron chi connectivity index (χ0n) is 12.9. The zero-order chi connectivity index (χ0) is 16.1. The first kappa shape index (κ1) is 15.4. The summed E-state index contributed by atoms with van der Waals surface area (Å²) in [5, 5.41) is 15.4. The van der Waals surface area contributed by atoms with Gasteiger partial charge in [0.25, 0.3) is 5.91 Å². The highest BCUT2D eigenvalue weighted by molar-refractivity contribution is 5.92. The Morgan fingerprint density at radius 2 is 1.39 bits per heavy atom. The predicted molar refractivity (Wildman–Crippen MR) is 89.9 cm³/mol. The third-order valence-electron chi connectivity index (χ3n) is 4.21. The number of nitrogens with one attached hydrogen (secondary N) is 1. The zero-order valence-corrected chi connectivity index (χ0v) is 12.9. The van der Waals surface area contributed by atoms with E-state index in [1.165, 1.54) is 0 Å². The van der Waals surface area contributed by atoms with Crippen LogP contribution in [0.4, 0.5) is 0 Å². The highest BCUT2D eigenvalue weighted by Crippen LogP contribution is 2.30. The van der Waals surface area contributed by atoms with Crippen molar-refractivity contribution < 1.29 is 9.90 Å². The van der Waals surface area contributed by atoms with E-state index in [4.69, 9.17) is 0 Å². The third kappa shape index (κ3) is 3.17. The van der Waals surface area contributed by atoms with Gasteiger partial charge in [-0.1, -0.05) is 60.7 Å². The molecule has 2 aromatic rings. The van der Waals surface area contributed by atoms with Gasteiger partial charge in [-0.25, -0.2) is 5.43 Å². The Bertz CT molecular complexity index is 648. The van der Waals surface area contributed by atoms with Gasteiger partial charge in [-0.15, -0.1) is 0 Å². The lowest BCUT2D eigenvalue weighted by Gasteiger charge is -2.27. The number of aliphatic hydroxyl groups is 1. The van der Waals surface area contributed by atoms with Crippen LogP contribution in [0.5, 0.6) is 0 Å². The smallest absolute Gasteiger partial charge is 0.281 e. The molecule has 1 saturated carbocycles. The van der Waals surface area contributed by atoms with Crippen LogP contribution in [0.1, 0.15) is 36.8 Å². The van der Waals surface area contributed by atoms with Crippen LogP contribution >= 0.6 is 0 Å². The van der Waals surface area contributed by atoms with Gasteiger partial charge in [-0.2, -0.15) is 5.10 Å². The van der Waals surface area contributed by atoms with Gasteiger partial charge in [-0.3, -0.25) is 4.79 Å². The third-order valence-corrected chi connectivity index (χ3v) is 4.21. The largest absolute Gasteiger partial charge is 0.372 e. The molecule has 0 radical (unpaired) electrons. The van der Waals surface area contributed by atoms with Gasteiger partial charge < -0.3 is 5.11 Å². The number of rotatable bonds is 4. The molecule has 2 aromatic carbocycles. The van der Waals surface area contributed by atoms with Crippen molar-refractivity contribution in [2.24, 2.45) is 5.10 Å². The molecule has 1 aliphatic carbocycles. The summed E-state index contributed by atoms with van der Waals surface area (Å²) >= 11 is 0. The molecule has 0 aromatic heterocycles. The van der Waals surface area contributed by atoms with Crippen molar-refractivity contribution in [3.63, 3.8) is 0 Å². The maximum atomic E-state index is 12.8. The molecular weight excluding hydrogens is 288 g/mol. The number of nitrogens with zero attached hydrogens (tertiary/aromatic N) is 1. The van der Waals surface area contributed by atoms with Crippen LogP contribution in [0.2, 0.25) is 0 Å². The van der Waals surface area contributed by atoms with Crippen molar-refractivity contribution in [1.82, 2.24) is 5.43 Å². The standard InChI is InChI=1S/C19H20N2O2/c22-18(21-20-17-13-7-8-14-17)19(23,15-9-3-1-4-10-15)16-11-5-2-6-12-16/h1-6,9-12,23H,7-8,13-14H2,(H,21,22). The molecule has 0 aliphatic heterocycles. The van der Waals surface area contributed by atoms with Gasteiger partial charge in [0.2, 0.25) is 0 Å². The predicted octanol–water partition coefficient (Wildman–Crippen LogP) is 2.97. The molecule has 3 rings (SSSR count). The molecule has 4 nitrogen and oxygen atoms in total. The topological polar surface area (TPSA) is 61.7 Å². The number of hydrogen-bond acceptors (Lipinski definition) is 3. The number of hydrazone groups is 1. The molecule has 118 valence electrons. The van der Waals surface area contributed by atoms with Gasteiger partial charge >= 0.3 is 0 Å². The maximum Gasteiger partial charge on any atom is 0.281 e. The van der Waals surface area contributed by atoms with Crippen molar-refractivity contribution in [1.29, 1.82) is 0 Å². The number of hydrogen-bond donors (Lipinski definition) is 2. The van der Waals surface area contributed by atoms with Crippen molar-refractivity contribution in [3.8, 4) is 0 Å². The van der Waals surface area contributed by atoms with Crippen molar-refractivity contribution in [2.45, 2.75) is 31.3 Å². The molecular formula is C19H20N2O2. The molecule has 1 amide bonds. The van der Waals surface area contributed by atoms with Crippen molar-refractivity contribution in [2.75, 3.05) is 0 Å². The molecule has 0 bridgehead atoms. The Morgan fingerprint density at radius 1 is 0.913 bits per heavy atom. The summed E-state index contributed by atoms with van der Waals surface area (Å²) in [5.41, 5.74) is 2.84. The second kappa shape index (κ2) is 6.75. The van der Waals surface area contributed by atoms with Crippen LogP contribution in [-0.2, 0) is 10.4 Å². The fraction of sp³-hybridized carbons (Fsp3) is 0.263. The molecule has 1 aliphatic rings. The first-order valence-corrected chi connectivity index (χ1v) is 7.90. The summed E-state index contributed by atoms with van der Waals surface area (Å²) < 4.78 is 0. The van der Waals surface area contributed by atoms with Crippen LogP contribution in [-0.4, -0.2) is 16.7 Å². The fourth-order valence-electron chi connectivity index (χ4n) is 2.89. The molecule has 0 saturated heterocycles. The number of carbonyl (C=O) groups excluding carboxylic acids is 1.